The molecule has 7 aromatic carbocycles. The number of aromatic nitrogens is 3. The smallest absolute Gasteiger partial charge is 0.267 e. The van der Waals surface area contributed by atoms with Gasteiger partial charge in [-0.2, -0.15) is 0 Å². The number of hydrogen-bond donors (Lipinski definition) is 0. The van der Waals surface area contributed by atoms with Crippen LogP contribution in [0.5, 0.6) is 0 Å². The highest BCUT2D eigenvalue weighted by molar-refractivity contribution is 5.93. The molecular formula is C44H31N5O. The lowest BCUT2D eigenvalue weighted by molar-refractivity contribution is 1.05. The van der Waals surface area contributed by atoms with E-state index in [4.69, 9.17) is 4.98 Å². The normalized spacial score (nSPS) is 11.3. The largest absolute Gasteiger partial charge is 0.310 e. The summed E-state index contributed by atoms with van der Waals surface area (Å²) in [6.07, 6.45) is 0. The average molecular weight is 646 g/mol. The van der Waals surface area contributed by atoms with Gasteiger partial charge in [-0.05, 0) is 97.1 Å². The lowest BCUT2D eigenvalue weighted by Crippen LogP contribution is -2.16. The summed E-state index contributed by atoms with van der Waals surface area (Å²) >= 11 is 0. The second kappa shape index (κ2) is 12.3. The summed E-state index contributed by atoms with van der Waals surface area (Å²) in [5.74, 6) is 0.558. The van der Waals surface area contributed by atoms with Crippen LogP contribution in [0, 0.1) is 0 Å². The quantitative estimate of drug-likeness (QED) is 0.173. The number of hydrogen-bond acceptors (Lipinski definition) is 4. The lowest BCUT2D eigenvalue weighted by atomic mass is 10.1. The monoisotopic (exact) mass is 645 g/mol. The van der Waals surface area contributed by atoms with E-state index < -0.39 is 0 Å². The molecule has 9 rings (SSSR count). The van der Waals surface area contributed by atoms with Crippen molar-refractivity contribution < 1.29 is 0 Å². The Morgan fingerprint density at radius 1 is 0.420 bits per heavy atom. The van der Waals surface area contributed by atoms with Crippen molar-refractivity contribution in [1.29, 1.82) is 0 Å². The van der Waals surface area contributed by atoms with Gasteiger partial charge in [-0.15, -0.1) is 0 Å². The molecule has 0 aliphatic heterocycles. The molecule has 0 bridgehead atoms. The molecule has 0 unspecified atom stereocenters. The maximum absolute atomic E-state index is 14.9. The highest BCUT2D eigenvalue weighted by Gasteiger charge is 2.21. The molecule has 0 N–H and O–H groups in total. The molecule has 0 amide bonds. The number of nitrogens with zero attached hydrogens (tertiary/aromatic N) is 5. The molecule has 2 aromatic heterocycles. The third-order valence-electron chi connectivity index (χ3n) is 9.06. The minimum absolute atomic E-state index is 0.129. The first-order valence-corrected chi connectivity index (χ1v) is 16.6. The van der Waals surface area contributed by atoms with Gasteiger partial charge < -0.3 is 9.80 Å². The minimum atomic E-state index is -0.129. The van der Waals surface area contributed by atoms with Gasteiger partial charge in [0.1, 0.15) is 0 Å². The van der Waals surface area contributed by atoms with E-state index in [1.807, 2.05) is 121 Å². The van der Waals surface area contributed by atoms with Crippen molar-refractivity contribution in [2.24, 2.45) is 0 Å². The number of rotatable bonds is 7. The third-order valence-corrected chi connectivity index (χ3v) is 9.06. The van der Waals surface area contributed by atoms with Gasteiger partial charge in [-0.1, -0.05) is 91.0 Å². The molecule has 0 spiro atoms. The van der Waals surface area contributed by atoms with Crippen molar-refractivity contribution >= 4 is 61.8 Å². The molecule has 50 heavy (non-hydrogen) atoms. The van der Waals surface area contributed by atoms with E-state index in [-0.39, 0.29) is 5.56 Å². The first kappa shape index (κ1) is 29.2. The van der Waals surface area contributed by atoms with Gasteiger partial charge in [0.05, 0.1) is 21.9 Å². The van der Waals surface area contributed by atoms with Gasteiger partial charge in [0.2, 0.25) is 5.78 Å². The topological polar surface area (TPSA) is 45.8 Å². The first-order valence-electron chi connectivity index (χ1n) is 16.6. The Hall–Kier alpha value is -6.92. The highest BCUT2D eigenvalue weighted by Crippen LogP contribution is 2.38. The summed E-state index contributed by atoms with van der Waals surface area (Å²) in [6.45, 7) is 0. The number of para-hydroxylation sites is 5. The predicted octanol–water partition coefficient (Wildman–Crippen LogP) is 10.7. The Morgan fingerprint density at radius 3 is 1.36 bits per heavy atom. The van der Waals surface area contributed by atoms with Crippen LogP contribution in [0.2, 0.25) is 0 Å². The van der Waals surface area contributed by atoms with Crippen molar-refractivity contribution in [2.75, 3.05) is 9.80 Å². The molecule has 0 saturated carbocycles. The standard InChI is InChI=1S/C44H31N5O/c50-43-39-30-37(46(32-16-6-1-7-17-32)33-18-8-2-9-19-33)26-28-40(39)45-44-48(36-24-14-5-15-25-36)41-29-27-38(31-42(41)49(43)44)47(34-20-10-3-11-21-34)35-22-12-4-13-23-35/h1-31H. The van der Waals surface area contributed by atoms with E-state index in [0.29, 0.717) is 16.7 Å². The molecule has 0 aliphatic rings. The fourth-order valence-corrected chi connectivity index (χ4v) is 6.83. The zero-order chi connectivity index (χ0) is 33.4. The molecule has 238 valence electrons. The molecular weight excluding hydrogens is 615 g/mol. The second-order valence-corrected chi connectivity index (χ2v) is 12.1. The Morgan fingerprint density at radius 2 is 0.860 bits per heavy atom. The van der Waals surface area contributed by atoms with E-state index in [0.717, 1.165) is 50.8 Å². The second-order valence-electron chi connectivity index (χ2n) is 12.1. The molecule has 0 radical (unpaired) electrons. The van der Waals surface area contributed by atoms with Crippen molar-refractivity contribution in [3.63, 3.8) is 0 Å². The van der Waals surface area contributed by atoms with Crippen molar-refractivity contribution in [2.45, 2.75) is 0 Å². The highest BCUT2D eigenvalue weighted by atomic mass is 16.1. The van der Waals surface area contributed by atoms with Gasteiger partial charge in [-0.3, -0.25) is 9.36 Å². The summed E-state index contributed by atoms with van der Waals surface area (Å²) in [7, 11) is 0. The predicted molar refractivity (Wildman–Crippen MR) is 205 cm³/mol. The molecule has 0 fully saturated rings. The maximum Gasteiger partial charge on any atom is 0.267 e. The van der Waals surface area contributed by atoms with Crippen LogP contribution in [0.15, 0.2) is 193 Å². The number of benzene rings is 7. The Balaban J connectivity index is 1.32. The van der Waals surface area contributed by atoms with Crippen LogP contribution in [0.1, 0.15) is 0 Å². The van der Waals surface area contributed by atoms with Crippen LogP contribution >= 0.6 is 0 Å². The summed E-state index contributed by atoms with van der Waals surface area (Å²) in [5.41, 5.74) is 8.94. The maximum atomic E-state index is 14.9. The van der Waals surface area contributed by atoms with E-state index in [9.17, 15) is 4.79 Å². The molecule has 6 heteroatoms. The molecule has 0 saturated heterocycles. The van der Waals surface area contributed by atoms with Crippen molar-refractivity contribution in [3.8, 4) is 5.69 Å². The zero-order valence-electron chi connectivity index (χ0n) is 27.0. The zero-order valence-corrected chi connectivity index (χ0v) is 27.0. The van der Waals surface area contributed by atoms with Gasteiger partial charge in [0, 0.05) is 39.8 Å². The fraction of sp³-hybridized carbons (Fsp3) is 0. The molecule has 0 aliphatic carbocycles. The van der Waals surface area contributed by atoms with Gasteiger partial charge in [0.25, 0.3) is 5.56 Å². The number of fused-ring (bicyclic) bond motifs is 4. The van der Waals surface area contributed by atoms with E-state index in [1.165, 1.54) is 0 Å². The molecule has 9 aromatic rings. The van der Waals surface area contributed by atoms with Crippen LogP contribution in [0.3, 0.4) is 0 Å². The van der Waals surface area contributed by atoms with Gasteiger partial charge in [-0.25, -0.2) is 9.38 Å². The summed E-state index contributed by atoms with van der Waals surface area (Å²) < 4.78 is 3.84. The summed E-state index contributed by atoms with van der Waals surface area (Å²) in [6, 6.07) is 63.3. The Labute approximate surface area is 289 Å². The first-order chi connectivity index (χ1) is 24.7. The van der Waals surface area contributed by atoms with Crippen molar-refractivity contribution in [3.05, 3.63) is 198 Å². The number of anilines is 6. The van der Waals surface area contributed by atoms with E-state index in [2.05, 4.69) is 81.1 Å². The average Bonchev–Trinajstić information content (AvgIpc) is 3.51. The fourth-order valence-electron chi connectivity index (χ4n) is 6.83. The SMILES string of the molecule is O=c1c2cc(N(c3ccccc3)c3ccccc3)ccc2nc2n(-c3ccccc3)c3ccc(N(c4ccccc4)c4ccccc4)cc3n12. The molecule has 0 atom stereocenters. The van der Waals surface area contributed by atoms with Crippen LogP contribution in [0.4, 0.5) is 34.1 Å². The Kier molecular flexibility index (Phi) is 7.17. The lowest BCUT2D eigenvalue weighted by Gasteiger charge is -2.25. The Bertz CT molecular complexity index is 2580. The van der Waals surface area contributed by atoms with Gasteiger partial charge in [0.15, 0.2) is 0 Å². The van der Waals surface area contributed by atoms with E-state index >= 15 is 0 Å². The molecule has 6 nitrogen and oxygen atoms in total. The number of imidazole rings is 1. The van der Waals surface area contributed by atoms with Crippen LogP contribution in [-0.4, -0.2) is 14.0 Å². The van der Waals surface area contributed by atoms with Crippen LogP contribution in [0.25, 0.3) is 33.4 Å². The van der Waals surface area contributed by atoms with Crippen molar-refractivity contribution in [1.82, 2.24) is 14.0 Å². The third kappa shape index (κ3) is 4.98. The van der Waals surface area contributed by atoms with Crippen LogP contribution < -0.4 is 15.4 Å². The van der Waals surface area contributed by atoms with Gasteiger partial charge >= 0.3 is 0 Å². The summed E-state index contributed by atoms with van der Waals surface area (Å²) in [5, 5.41) is 0.539. The summed E-state index contributed by atoms with van der Waals surface area (Å²) in [4.78, 5) is 24.4. The van der Waals surface area contributed by atoms with Crippen LogP contribution in [-0.2, 0) is 0 Å². The van der Waals surface area contributed by atoms with E-state index in [1.54, 1.807) is 4.40 Å². The minimum Gasteiger partial charge on any atom is -0.310 e. The molecule has 2 heterocycles.